The van der Waals surface area contributed by atoms with E-state index >= 15 is 0 Å². The summed E-state index contributed by atoms with van der Waals surface area (Å²) in [5, 5.41) is 3.28. The highest BCUT2D eigenvalue weighted by atomic mass is 35.5. The SMILES string of the molecule is COC(=O)c1cc(Cl)c(NC(C)=O)c2cc(Cl)oc12. The molecule has 0 fully saturated rings. The molecule has 0 radical (unpaired) electrons. The average molecular weight is 302 g/mol. The van der Waals surface area contributed by atoms with Crippen LogP contribution in [-0.2, 0) is 9.53 Å². The minimum Gasteiger partial charge on any atom is -0.465 e. The van der Waals surface area contributed by atoms with E-state index in [9.17, 15) is 9.59 Å². The van der Waals surface area contributed by atoms with E-state index in [4.69, 9.17) is 27.6 Å². The Morgan fingerprint density at radius 2 is 2.00 bits per heavy atom. The summed E-state index contributed by atoms with van der Waals surface area (Å²) in [5.41, 5.74) is 0.695. The molecule has 19 heavy (non-hydrogen) atoms. The molecule has 1 aromatic carbocycles. The van der Waals surface area contributed by atoms with Crippen LogP contribution in [0.5, 0.6) is 0 Å². The number of carbonyl (C=O) groups is 2. The van der Waals surface area contributed by atoms with E-state index in [0.29, 0.717) is 11.1 Å². The van der Waals surface area contributed by atoms with E-state index in [1.54, 1.807) is 0 Å². The van der Waals surface area contributed by atoms with Crippen molar-refractivity contribution in [1.29, 1.82) is 0 Å². The Hall–Kier alpha value is -1.72. The maximum atomic E-state index is 11.7. The third kappa shape index (κ3) is 2.52. The summed E-state index contributed by atoms with van der Waals surface area (Å²) in [6.45, 7) is 1.35. The fourth-order valence-electron chi connectivity index (χ4n) is 1.70. The molecule has 1 aromatic heterocycles. The van der Waals surface area contributed by atoms with E-state index in [1.807, 2.05) is 0 Å². The Morgan fingerprint density at radius 1 is 1.32 bits per heavy atom. The quantitative estimate of drug-likeness (QED) is 0.862. The summed E-state index contributed by atoms with van der Waals surface area (Å²) in [7, 11) is 1.24. The van der Waals surface area contributed by atoms with E-state index in [2.05, 4.69) is 10.1 Å². The van der Waals surface area contributed by atoms with Crippen molar-refractivity contribution in [2.75, 3.05) is 12.4 Å². The first-order valence-electron chi connectivity index (χ1n) is 5.21. The standard InChI is InChI=1S/C12H9Cl2NO4/c1-5(16)15-10-6-4-9(14)19-11(6)7(3-8(10)13)12(17)18-2/h3-4H,1-2H3,(H,15,16). The lowest BCUT2D eigenvalue weighted by molar-refractivity contribution is -0.114. The molecule has 7 heteroatoms. The van der Waals surface area contributed by atoms with Crippen LogP contribution in [0.3, 0.4) is 0 Å². The number of hydrogen-bond donors (Lipinski definition) is 1. The molecule has 0 unspecified atom stereocenters. The lowest BCUT2D eigenvalue weighted by Crippen LogP contribution is -2.08. The molecule has 0 aliphatic rings. The van der Waals surface area contributed by atoms with Gasteiger partial charge in [-0.2, -0.15) is 0 Å². The minimum atomic E-state index is -0.604. The zero-order valence-corrected chi connectivity index (χ0v) is 11.6. The Labute approximate surface area is 118 Å². The highest BCUT2D eigenvalue weighted by Crippen LogP contribution is 2.37. The number of methoxy groups -OCH3 is 1. The van der Waals surface area contributed by atoms with Crippen LogP contribution in [0.25, 0.3) is 11.0 Å². The van der Waals surface area contributed by atoms with Crippen molar-refractivity contribution in [2.24, 2.45) is 0 Å². The predicted molar refractivity (Wildman–Crippen MR) is 71.9 cm³/mol. The van der Waals surface area contributed by atoms with Gasteiger partial charge < -0.3 is 14.5 Å². The van der Waals surface area contributed by atoms with Crippen LogP contribution >= 0.6 is 23.2 Å². The Bertz CT molecular complexity index is 678. The highest BCUT2D eigenvalue weighted by molar-refractivity contribution is 6.37. The van der Waals surface area contributed by atoms with Gasteiger partial charge in [-0.15, -0.1) is 0 Å². The smallest absolute Gasteiger partial charge is 0.341 e. The maximum absolute atomic E-state index is 11.7. The second-order valence-electron chi connectivity index (χ2n) is 3.75. The van der Waals surface area contributed by atoms with Gasteiger partial charge in [-0.3, -0.25) is 4.79 Å². The van der Waals surface area contributed by atoms with Gasteiger partial charge in [0, 0.05) is 18.4 Å². The number of fused-ring (bicyclic) bond motifs is 1. The summed E-state index contributed by atoms with van der Waals surface area (Å²) < 4.78 is 9.90. The number of ether oxygens (including phenoxy) is 1. The first-order chi connectivity index (χ1) is 8.93. The van der Waals surface area contributed by atoms with Crippen molar-refractivity contribution in [3.05, 3.63) is 27.9 Å². The van der Waals surface area contributed by atoms with Gasteiger partial charge in [-0.05, 0) is 17.7 Å². The van der Waals surface area contributed by atoms with Crippen molar-refractivity contribution in [3.63, 3.8) is 0 Å². The summed E-state index contributed by atoms with van der Waals surface area (Å²) in [5.74, 6) is -0.904. The number of rotatable bonds is 2. The molecule has 0 aliphatic heterocycles. The third-order valence-corrected chi connectivity index (χ3v) is 2.92. The third-order valence-electron chi connectivity index (χ3n) is 2.43. The lowest BCUT2D eigenvalue weighted by Gasteiger charge is -2.08. The highest BCUT2D eigenvalue weighted by Gasteiger charge is 2.21. The molecule has 5 nitrogen and oxygen atoms in total. The van der Waals surface area contributed by atoms with E-state index in [0.717, 1.165) is 0 Å². The van der Waals surface area contributed by atoms with Crippen molar-refractivity contribution in [1.82, 2.24) is 0 Å². The second kappa shape index (κ2) is 5.11. The molecule has 0 saturated heterocycles. The van der Waals surface area contributed by atoms with Gasteiger partial charge >= 0.3 is 5.97 Å². The topological polar surface area (TPSA) is 68.5 Å². The van der Waals surface area contributed by atoms with E-state index in [-0.39, 0.29) is 27.3 Å². The zero-order chi connectivity index (χ0) is 14.2. The number of benzene rings is 1. The van der Waals surface area contributed by atoms with Gasteiger partial charge in [0.25, 0.3) is 0 Å². The number of amides is 1. The molecule has 2 rings (SSSR count). The van der Waals surface area contributed by atoms with Crippen molar-refractivity contribution < 1.29 is 18.7 Å². The van der Waals surface area contributed by atoms with Crippen LogP contribution in [0.4, 0.5) is 5.69 Å². The monoisotopic (exact) mass is 301 g/mol. The summed E-state index contributed by atoms with van der Waals surface area (Å²) in [4.78, 5) is 22.8. The minimum absolute atomic E-state index is 0.0778. The van der Waals surface area contributed by atoms with Crippen LogP contribution < -0.4 is 5.32 Å². The summed E-state index contributed by atoms with van der Waals surface area (Å²) in [6, 6.07) is 2.83. The fraction of sp³-hybridized carbons (Fsp3) is 0.167. The molecular formula is C12H9Cl2NO4. The predicted octanol–water partition coefficient (Wildman–Crippen LogP) is 3.48. The zero-order valence-electron chi connectivity index (χ0n) is 10.0. The molecule has 1 amide bonds. The van der Waals surface area contributed by atoms with Gasteiger partial charge in [0.2, 0.25) is 5.91 Å². The van der Waals surface area contributed by atoms with Crippen LogP contribution in [0.2, 0.25) is 10.2 Å². The fourth-order valence-corrected chi connectivity index (χ4v) is 2.15. The maximum Gasteiger partial charge on any atom is 0.341 e. The van der Waals surface area contributed by atoms with Crippen molar-refractivity contribution in [2.45, 2.75) is 6.92 Å². The normalized spacial score (nSPS) is 10.5. The molecule has 100 valence electrons. The number of hydrogen-bond acceptors (Lipinski definition) is 4. The van der Waals surface area contributed by atoms with Crippen LogP contribution in [-0.4, -0.2) is 19.0 Å². The average Bonchev–Trinajstić information content (AvgIpc) is 2.72. The number of anilines is 1. The van der Waals surface area contributed by atoms with Gasteiger partial charge in [-0.1, -0.05) is 11.6 Å². The first-order valence-corrected chi connectivity index (χ1v) is 5.97. The van der Waals surface area contributed by atoms with Crippen LogP contribution in [0.15, 0.2) is 16.5 Å². The number of furan rings is 1. The van der Waals surface area contributed by atoms with E-state index in [1.165, 1.54) is 26.2 Å². The van der Waals surface area contributed by atoms with Gasteiger partial charge in [0.1, 0.15) is 5.56 Å². The Morgan fingerprint density at radius 3 is 2.58 bits per heavy atom. The molecule has 0 spiro atoms. The molecule has 2 aromatic rings. The molecular weight excluding hydrogens is 293 g/mol. The van der Waals surface area contributed by atoms with Gasteiger partial charge in [-0.25, -0.2) is 4.79 Å². The molecule has 0 aliphatic carbocycles. The lowest BCUT2D eigenvalue weighted by atomic mass is 10.1. The Balaban J connectivity index is 2.76. The summed E-state index contributed by atoms with van der Waals surface area (Å²) in [6.07, 6.45) is 0. The van der Waals surface area contributed by atoms with Gasteiger partial charge in [0.15, 0.2) is 10.8 Å². The van der Waals surface area contributed by atoms with Crippen LogP contribution in [0, 0.1) is 0 Å². The summed E-state index contributed by atoms with van der Waals surface area (Å²) >= 11 is 11.8. The van der Waals surface area contributed by atoms with Crippen molar-refractivity contribution >= 4 is 51.7 Å². The molecule has 0 bridgehead atoms. The number of nitrogens with one attached hydrogen (secondary N) is 1. The van der Waals surface area contributed by atoms with Gasteiger partial charge in [0.05, 0.1) is 17.8 Å². The largest absolute Gasteiger partial charge is 0.465 e. The molecule has 0 saturated carbocycles. The molecule has 1 heterocycles. The first kappa shape index (κ1) is 13.7. The van der Waals surface area contributed by atoms with Crippen molar-refractivity contribution in [3.8, 4) is 0 Å². The van der Waals surface area contributed by atoms with E-state index < -0.39 is 5.97 Å². The second-order valence-corrected chi connectivity index (χ2v) is 4.53. The molecule has 1 N–H and O–H groups in total. The number of esters is 1. The number of carbonyl (C=O) groups excluding carboxylic acids is 2. The Kier molecular flexibility index (Phi) is 3.68. The number of halogens is 2. The van der Waals surface area contributed by atoms with Crippen LogP contribution in [0.1, 0.15) is 17.3 Å². The molecule has 0 atom stereocenters.